The first-order chi connectivity index (χ1) is 12.6. The molecule has 2 rings (SSSR count). The zero-order chi connectivity index (χ0) is 20.0. The highest BCUT2D eigenvalue weighted by atomic mass is 19.4. The van der Waals surface area contributed by atoms with Crippen LogP contribution in [0.3, 0.4) is 0 Å². The molecule has 0 saturated heterocycles. The molecule has 0 radical (unpaired) electrons. The summed E-state index contributed by atoms with van der Waals surface area (Å²) in [5, 5.41) is 11.5. The van der Waals surface area contributed by atoms with Gasteiger partial charge in [0.05, 0.1) is 0 Å². The third-order valence-corrected chi connectivity index (χ3v) is 3.71. The van der Waals surface area contributed by atoms with E-state index in [9.17, 15) is 22.8 Å². The van der Waals surface area contributed by atoms with E-state index in [2.05, 4.69) is 15.3 Å². The summed E-state index contributed by atoms with van der Waals surface area (Å²) in [4.78, 5) is 29.9. The number of aromatic nitrogens is 2. The van der Waals surface area contributed by atoms with E-state index >= 15 is 0 Å². The van der Waals surface area contributed by atoms with E-state index in [4.69, 9.17) is 5.11 Å². The third kappa shape index (κ3) is 6.36. The second-order valence-corrected chi connectivity index (χ2v) is 6.01. The zero-order valence-electron chi connectivity index (χ0n) is 14.5. The van der Waals surface area contributed by atoms with Gasteiger partial charge in [0, 0.05) is 18.2 Å². The van der Waals surface area contributed by atoms with Crippen LogP contribution >= 0.6 is 0 Å². The van der Waals surface area contributed by atoms with Crippen molar-refractivity contribution in [2.45, 2.75) is 38.4 Å². The number of carboxylic acids is 1. The van der Waals surface area contributed by atoms with E-state index in [1.165, 1.54) is 6.92 Å². The van der Waals surface area contributed by atoms with Gasteiger partial charge in [-0.25, -0.2) is 9.97 Å². The monoisotopic (exact) mass is 381 g/mol. The van der Waals surface area contributed by atoms with Gasteiger partial charge in [0.1, 0.15) is 5.69 Å². The predicted octanol–water partition coefficient (Wildman–Crippen LogP) is 3.01. The van der Waals surface area contributed by atoms with Gasteiger partial charge in [0.2, 0.25) is 5.82 Å². The molecule has 1 aromatic carbocycles. The Morgan fingerprint density at radius 3 is 2.44 bits per heavy atom. The first kappa shape index (κ1) is 20.3. The smallest absolute Gasteiger partial charge is 0.451 e. The Balaban J connectivity index is 2.19. The number of hydrogen-bond donors (Lipinski definition) is 2. The summed E-state index contributed by atoms with van der Waals surface area (Å²) in [6, 6.07) is 9.63. The van der Waals surface area contributed by atoms with Crippen LogP contribution in [0.5, 0.6) is 0 Å². The summed E-state index contributed by atoms with van der Waals surface area (Å²) in [7, 11) is 0. The van der Waals surface area contributed by atoms with Crippen molar-refractivity contribution in [1.82, 2.24) is 15.3 Å². The summed E-state index contributed by atoms with van der Waals surface area (Å²) in [5.74, 6) is -3.23. The molecule has 0 aliphatic heterocycles. The van der Waals surface area contributed by atoms with Crippen LogP contribution in [-0.2, 0) is 17.4 Å². The predicted molar refractivity (Wildman–Crippen MR) is 90.0 cm³/mol. The molecule has 0 aliphatic rings. The molecular weight excluding hydrogens is 363 g/mol. The van der Waals surface area contributed by atoms with Gasteiger partial charge in [-0.1, -0.05) is 30.3 Å². The van der Waals surface area contributed by atoms with Crippen LogP contribution in [0, 0.1) is 6.92 Å². The van der Waals surface area contributed by atoms with Crippen molar-refractivity contribution in [1.29, 1.82) is 0 Å². The van der Waals surface area contributed by atoms with Crippen molar-refractivity contribution in [3.63, 3.8) is 0 Å². The molecule has 6 nitrogen and oxygen atoms in total. The highest BCUT2D eigenvalue weighted by Gasteiger charge is 2.35. The van der Waals surface area contributed by atoms with Gasteiger partial charge in [-0.3, -0.25) is 9.59 Å². The van der Waals surface area contributed by atoms with Gasteiger partial charge in [-0.05, 0) is 31.4 Å². The number of aliphatic carboxylic acids is 1. The zero-order valence-corrected chi connectivity index (χ0v) is 14.5. The Morgan fingerprint density at radius 1 is 1.19 bits per heavy atom. The van der Waals surface area contributed by atoms with Crippen LogP contribution in [0.2, 0.25) is 0 Å². The molecule has 0 fully saturated rings. The Labute approximate surface area is 153 Å². The number of alkyl halides is 3. The van der Waals surface area contributed by atoms with Crippen molar-refractivity contribution in [2.24, 2.45) is 0 Å². The highest BCUT2D eigenvalue weighted by molar-refractivity contribution is 5.92. The molecule has 0 bridgehead atoms. The quantitative estimate of drug-likeness (QED) is 0.769. The topological polar surface area (TPSA) is 92.2 Å². The highest BCUT2D eigenvalue weighted by Crippen LogP contribution is 2.26. The van der Waals surface area contributed by atoms with E-state index in [0.717, 1.165) is 11.6 Å². The fraction of sp³-hybridized carbons (Fsp3) is 0.333. The van der Waals surface area contributed by atoms with E-state index in [1.807, 2.05) is 18.2 Å². The lowest BCUT2D eigenvalue weighted by atomic mass is 10.0. The van der Waals surface area contributed by atoms with Crippen molar-refractivity contribution in [3.05, 3.63) is 59.2 Å². The number of aryl methyl sites for hydroxylation is 1. The van der Waals surface area contributed by atoms with Gasteiger partial charge in [0.15, 0.2) is 0 Å². The normalized spacial score (nSPS) is 12.4. The molecule has 0 aliphatic carbocycles. The van der Waals surface area contributed by atoms with Crippen LogP contribution in [0.15, 0.2) is 36.4 Å². The number of benzene rings is 1. The molecule has 1 unspecified atom stereocenters. The Bertz CT molecular complexity index is 810. The lowest BCUT2D eigenvalue weighted by molar-refractivity contribution is -0.145. The fourth-order valence-corrected chi connectivity index (χ4v) is 2.49. The maximum atomic E-state index is 12.8. The molecule has 1 atom stereocenters. The number of nitrogens with zero attached hydrogens (tertiary/aromatic N) is 2. The van der Waals surface area contributed by atoms with Crippen molar-refractivity contribution in [3.8, 4) is 0 Å². The summed E-state index contributed by atoms with van der Waals surface area (Å²) >= 11 is 0. The maximum absolute atomic E-state index is 12.8. The Hall–Kier alpha value is -2.97. The first-order valence-corrected chi connectivity index (χ1v) is 8.14. The van der Waals surface area contributed by atoms with Crippen molar-refractivity contribution in [2.75, 3.05) is 0 Å². The molecular formula is C18H18F3N3O3. The molecule has 9 heteroatoms. The molecule has 1 heterocycles. The first-order valence-electron chi connectivity index (χ1n) is 8.14. The van der Waals surface area contributed by atoms with Gasteiger partial charge in [-0.2, -0.15) is 13.2 Å². The van der Waals surface area contributed by atoms with Crippen LogP contribution in [0.4, 0.5) is 13.2 Å². The van der Waals surface area contributed by atoms with Gasteiger partial charge in [0.25, 0.3) is 5.91 Å². The molecule has 0 saturated carbocycles. The number of carboxylic acid groups (broad SMARTS) is 1. The average Bonchev–Trinajstić information content (AvgIpc) is 2.59. The number of hydrogen-bond acceptors (Lipinski definition) is 4. The van der Waals surface area contributed by atoms with Crippen LogP contribution in [-0.4, -0.2) is 33.0 Å². The van der Waals surface area contributed by atoms with E-state index < -0.39 is 35.6 Å². The molecule has 144 valence electrons. The third-order valence-electron chi connectivity index (χ3n) is 3.71. The number of carbonyl (C=O) groups excluding carboxylic acids is 1. The number of nitrogens with one attached hydrogen (secondary N) is 1. The molecule has 2 aromatic rings. The van der Waals surface area contributed by atoms with E-state index in [1.54, 1.807) is 12.1 Å². The number of halogens is 3. The van der Waals surface area contributed by atoms with Crippen molar-refractivity contribution >= 4 is 11.9 Å². The SMILES string of the molecule is Cc1cc(C(=O)NC(CCC(=O)O)Cc2ccccc2)nc(C(F)(F)F)n1. The van der Waals surface area contributed by atoms with Crippen LogP contribution in [0.1, 0.15) is 40.4 Å². The minimum Gasteiger partial charge on any atom is -0.481 e. The molecule has 0 spiro atoms. The minimum atomic E-state index is -4.77. The molecule has 2 N–H and O–H groups in total. The maximum Gasteiger partial charge on any atom is 0.451 e. The van der Waals surface area contributed by atoms with Crippen molar-refractivity contribution < 1.29 is 27.9 Å². The average molecular weight is 381 g/mol. The standard InChI is InChI=1S/C18H18F3N3O3/c1-11-9-14(24-17(22-11)18(19,20)21)16(27)23-13(7-8-15(25)26)10-12-5-3-2-4-6-12/h2-6,9,13H,7-8,10H2,1H3,(H,23,27)(H,25,26). The second-order valence-electron chi connectivity index (χ2n) is 6.01. The fourth-order valence-electron chi connectivity index (χ4n) is 2.49. The number of amides is 1. The summed E-state index contributed by atoms with van der Waals surface area (Å²) in [6.07, 6.45) is -4.48. The largest absolute Gasteiger partial charge is 0.481 e. The minimum absolute atomic E-state index is 0.00706. The Morgan fingerprint density at radius 2 is 1.85 bits per heavy atom. The molecule has 1 aromatic heterocycles. The number of rotatable bonds is 7. The molecule has 1 amide bonds. The Kier molecular flexibility index (Phi) is 6.49. The summed E-state index contributed by atoms with van der Waals surface area (Å²) < 4.78 is 38.5. The lowest BCUT2D eigenvalue weighted by Crippen LogP contribution is -2.37. The van der Waals surface area contributed by atoms with Gasteiger partial charge >= 0.3 is 12.1 Å². The van der Waals surface area contributed by atoms with Crippen LogP contribution in [0.25, 0.3) is 0 Å². The lowest BCUT2D eigenvalue weighted by Gasteiger charge is -2.18. The van der Waals surface area contributed by atoms with Gasteiger partial charge in [-0.15, -0.1) is 0 Å². The summed E-state index contributed by atoms with van der Waals surface area (Å²) in [5.41, 5.74) is 0.457. The van der Waals surface area contributed by atoms with Gasteiger partial charge < -0.3 is 10.4 Å². The van der Waals surface area contributed by atoms with E-state index in [-0.39, 0.29) is 18.5 Å². The van der Waals surface area contributed by atoms with Crippen LogP contribution < -0.4 is 5.32 Å². The second kappa shape index (κ2) is 8.61. The summed E-state index contributed by atoms with van der Waals surface area (Å²) in [6.45, 7) is 1.33. The number of carbonyl (C=O) groups is 2. The molecule has 27 heavy (non-hydrogen) atoms. The van der Waals surface area contributed by atoms with E-state index in [0.29, 0.717) is 6.42 Å².